The van der Waals surface area contributed by atoms with Crippen LogP contribution in [0.1, 0.15) is 44.0 Å². The predicted molar refractivity (Wildman–Crippen MR) is 140 cm³/mol. The topological polar surface area (TPSA) is 99.8 Å². The Morgan fingerprint density at radius 2 is 1.73 bits per heavy atom. The summed E-state index contributed by atoms with van der Waals surface area (Å²) in [7, 11) is 0. The minimum Gasteiger partial charge on any atom is -0.369 e. The number of carbonyl (C=O) groups is 2. The summed E-state index contributed by atoms with van der Waals surface area (Å²) in [4.78, 5) is 25.5. The highest BCUT2D eigenvalue weighted by atomic mass is 35.5. The lowest BCUT2D eigenvalue weighted by molar-refractivity contribution is 0.0948. The number of anilines is 1. The van der Waals surface area contributed by atoms with Crippen LogP contribution < -0.4 is 10.6 Å². The molecule has 186 valence electrons. The van der Waals surface area contributed by atoms with E-state index in [0.717, 1.165) is 5.56 Å². The van der Waals surface area contributed by atoms with E-state index in [1.807, 2.05) is 19.1 Å². The second-order valence-electron chi connectivity index (χ2n) is 8.28. The molecule has 1 amide bonds. The van der Waals surface area contributed by atoms with Gasteiger partial charge in [0.1, 0.15) is 23.3 Å². The molecule has 9 heteroatoms. The summed E-state index contributed by atoms with van der Waals surface area (Å²) in [5.41, 5.74) is 2.15. The molecular formula is C28H23ClFN5O2. The minimum absolute atomic E-state index is 0.0247. The third-order valence-electron chi connectivity index (χ3n) is 5.65. The highest BCUT2D eigenvalue weighted by Crippen LogP contribution is 2.26. The van der Waals surface area contributed by atoms with Crippen LogP contribution in [-0.4, -0.2) is 34.6 Å². The highest BCUT2D eigenvalue weighted by molar-refractivity contribution is 6.30. The van der Waals surface area contributed by atoms with E-state index < -0.39 is 11.7 Å². The van der Waals surface area contributed by atoms with E-state index in [1.54, 1.807) is 42.5 Å². The molecule has 0 aliphatic heterocycles. The van der Waals surface area contributed by atoms with Crippen LogP contribution in [0, 0.1) is 24.1 Å². The van der Waals surface area contributed by atoms with E-state index in [2.05, 4.69) is 21.8 Å². The lowest BCUT2D eigenvalue weighted by atomic mass is 10.0. The number of hydrogen-bond acceptors (Lipinski definition) is 5. The van der Waals surface area contributed by atoms with Gasteiger partial charge in [0.05, 0.1) is 11.3 Å². The molecule has 2 N–H and O–H groups in total. The maximum atomic E-state index is 13.8. The third kappa shape index (κ3) is 5.85. The van der Waals surface area contributed by atoms with Gasteiger partial charge in [-0.1, -0.05) is 53.6 Å². The van der Waals surface area contributed by atoms with Gasteiger partial charge in [-0.25, -0.2) is 9.07 Å². The fourth-order valence-corrected chi connectivity index (χ4v) is 3.82. The van der Waals surface area contributed by atoms with Crippen LogP contribution in [0.5, 0.6) is 0 Å². The average molecular weight is 516 g/mol. The number of halogens is 2. The average Bonchev–Trinajstić information content (AvgIpc) is 3.27. The molecule has 0 bridgehead atoms. The van der Waals surface area contributed by atoms with Crippen molar-refractivity contribution in [2.75, 3.05) is 18.4 Å². The molecule has 4 rings (SSSR count). The summed E-state index contributed by atoms with van der Waals surface area (Å²) in [6.45, 7) is 2.54. The SMILES string of the molecule is Cc1ccc(C(=O)c2nn(-c3ccc(Cl)cc3)c(NCCCNC(=O)c3ccccc3F)c2C#N)cc1. The number of nitrogens with one attached hydrogen (secondary N) is 2. The summed E-state index contributed by atoms with van der Waals surface area (Å²) in [6.07, 6.45) is 0.470. The van der Waals surface area contributed by atoms with Crippen molar-refractivity contribution in [3.63, 3.8) is 0 Å². The van der Waals surface area contributed by atoms with Crippen molar-refractivity contribution in [1.29, 1.82) is 5.26 Å². The lowest BCUT2D eigenvalue weighted by Crippen LogP contribution is -2.26. The molecule has 0 aliphatic carbocycles. The molecule has 1 heterocycles. The predicted octanol–water partition coefficient (Wildman–Crippen LogP) is 5.31. The van der Waals surface area contributed by atoms with E-state index in [0.29, 0.717) is 35.1 Å². The molecule has 0 atom stereocenters. The van der Waals surface area contributed by atoms with Gasteiger partial charge in [-0.2, -0.15) is 10.4 Å². The summed E-state index contributed by atoms with van der Waals surface area (Å²) in [5.74, 6) is -1.12. The first-order chi connectivity index (χ1) is 17.9. The first-order valence-electron chi connectivity index (χ1n) is 11.6. The fourth-order valence-electron chi connectivity index (χ4n) is 3.69. The Bertz CT molecular complexity index is 1470. The van der Waals surface area contributed by atoms with Crippen LogP contribution >= 0.6 is 11.6 Å². The number of aryl methyl sites for hydroxylation is 1. The van der Waals surface area contributed by atoms with Crippen molar-refractivity contribution in [2.24, 2.45) is 0 Å². The van der Waals surface area contributed by atoms with Gasteiger partial charge < -0.3 is 10.6 Å². The number of hydrogen-bond donors (Lipinski definition) is 2. The van der Waals surface area contributed by atoms with Gasteiger partial charge in [-0.15, -0.1) is 0 Å². The number of rotatable bonds is 9. The second-order valence-corrected chi connectivity index (χ2v) is 8.72. The van der Waals surface area contributed by atoms with Crippen molar-refractivity contribution < 1.29 is 14.0 Å². The molecule has 0 radical (unpaired) electrons. The summed E-state index contributed by atoms with van der Waals surface area (Å²) in [5, 5.41) is 20.8. The Morgan fingerprint density at radius 3 is 2.41 bits per heavy atom. The normalized spacial score (nSPS) is 10.5. The van der Waals surface area contributed by atoms with Gasteiger partial charge >= 0.3 is 0 Å². The van der Waals surface area contributed by atoms with Crippen molar-refractivity contribution in [1.82, 2.24) is 15.1 Å². The summed E-state index contributed by atoms with van der Waals surface area (Å²) >= 11 is 6.03. The molecule has 0 spiro atoms. The highest BCUT2D eigenvalue weighted by Gasteiger charge is 2.25. The maximum absolute atomic E-state index is 13.8. The minimum atomic E-state index is -0.588. The van der Waals surface area contributed by atoms with Crippen molar-refractivity contribution in [3.8, 4) is 11.8 Å². The smallest absolute Gasteiger partial charge is 0.254 e. The summed E-state index contributed by atoms with van der Waals surface area (Å²) in [6, 6.07) is 21.8. The fraction of sp³-hybridized carbons (Fsp3) is 0.143. The van der Waals surface area contributed by atoms with Crippen LogP contribution in [-0.2, 0) is 0 Å². The number of benzene rings is 3. The molecular weight excluding hydrogens is 493 g/mol. The lowest BCUT2D eigenvalue weighted by Gasteiger charge is -2.11. The standard InChI is InChI=1S/C28H23ClFN5O2/c1-18-7-9-19(10-8-18)26(36)25-23(17-31)27(35(34-25)21-13-11-20(29)12-14-21)32-15-4-16-33-28(37)22-5-2-3-6-24(22)30/h2-3,5-14,32H,4,15-16H2,1H3,(H,33,37). The van der Waals surface area contributed by atoms with Crippen LogP contribution in [0.15, 0.2) is 72.8 Å². The van der Waals surface area contributed by atoms with Crippen molar-refractivity contribution >= 4 is 29.1 Å². The van der Waals surface area contributed by atoms with Gasteiger partial charge in [0.25, 0.3) is 5.91 Å². The maximum Gasteiger partial charge on any atom is 0.254 e. The molecule has 0 saturated heterocycles. The van der Waals surface area contributed by atoms with Crippen LogP contribution in [0.2, 0.25) is 5.02 Å². The van der Waals surface area contributed by atoms with Crippen molar-refractivity contribution in [2.45, 2.75) is 13.3 Å². The molecule has 37 heavy (non-hydrogen) atoms. The van der Waals surface area contributed by atoms with E-state index in [1.165, 1.54) is 22.9 Å². The van der Waals surface area contributed by atoms with Crippen LogP contribution in [0.4, 0.5) is 10.2 Å². The zero-order valence-corrected chi connectivity index (χ0v) is 20.7. The molecule has 3 aromatic carbocycles. The van der Waals surface area contributed by atoms with E-state index in [-0.39, 0.29) is 29.1 Å². The Labute approximate surface area is 218 Å². The molecule has 7 nitrogen and oxygen atoms in total. The molecule has 1 aromatic heterocycles. The van der Waals surface area contributed by atoms with Gasteiger partial charge in [0.15, 0.2) is 5.69 Å². The van der Waals surface area contributed by atoms with E-state index in [4.69, 9.17) is 11.6 Å². The number of amides is 1. The molecule has 0 saturated carbocycles. The Hall–Kier alpha value is -4.48. The molecule has 0 fully saturated rings. The summed E-state index contributed by atoms with van der Waals surface area (Å²) < 4.78 is 15.3. The zero-order valence-electron chi connectivity index (χ0n) is 20.0. The third-order valence-corrected chi connectivity index (χ3v) is 5.90. The number of nitrogens with zero attached hydrogens (tertiary/aromatic N) is 3. The van der Waals surface area contributed by atoms with Crippen LogP contribution in [0.3, 0.4) is 0 Å². The molecule has 4 aromatic rings. The number of nitriles is 1. The van der Waals surface area contributed by atoms with Gasteiger partial charge in [0, 0.05) is 23.7 Å². The van der Waals surface area contributed by atoms with Gasteiger partial charge in [-0.05, 0) is 49.7 Å². The molecule has 0 unspecified atom stereocenters. The first kappa shape index (κ1) is 25.6. The zero-order chi connectivity index (χ0) is 26.4. The van der Waals surface area contributed by atoms with E-state index in [9.17, 15) is 19.2 Å². The number of ketones is 1. The largest absolute Gasteiger partial charge is 0.369 e. The van der Waals surface area contributed by atoms with Crippen LogP contribution in [0.25, 0.3) is 5.69 Å². The number of aromatic nitrogens is 2. The van der Waals surface area contributed by atoms with E-state index >= 15 is 0 Å². The van der Waals surface area contributed by atoms with Gasteiger partial charge in [-0.3, -0.25) is 9.59 Å². The Morgan fingerprint density at radius 1 is 1.03 bits per heavy atom. The quantitative estimate of drug-likeness (QED) is 0.232. The monoisotopic (exact) mass is 515 g/mol. The molecule has 0 aliphatic rings. The first-order valence-corrected chi connectivity index (χ1v) is 11.9. The van der Waals surface area contributed by atoms with Crippen molar-refractivity contribution in [3.05, 3.63) is 112 Å². The van der Waals surface area contributed by atoms with Gasteiger partial charge in [0.2, 0.25) is 5.78 Å². The number of carbonyl (C=O) groups excluding carboxylic acids is 2. The Kier molecular flexibility index (Phi) is 7.96. The second kappa shape index (κ2) is 11.5. The Balaban J connectivity index is 1.54.